The minimum Gasteiger partial charge on any atom is -0.393 e. The van der Waals surface area contributed by atoms with E-state index in [0.717, 1.165) is 6.42 Å². The first-order chi connectivity index (χ1) is 5.13. The molecule has 0 saturated carbocycles. The van der Waals surface area contributed by atoms with Crippen LogP contribution in [0.3, 0.4) is 0 Å². The Hall–Kier alpha value is -0.300. The second kappa shape index (κ2) is 3.40. The van der Waals surface area contributed by atoms with Gasteiger partial charge in [-0.25, -0.2) is 0 Å². The first-order valence-corrected chi connectivity index (χ1v) is 4.47. The van der Waals surface area contributed by atoms with Crippen LogP contribution in [-0.4, -0.2) is 11.2 Å². The van der Waals surface area contributed by atoms with E-state index in [1.807, 2.05) is 6.92 Å². The second-order valence-electron chi connectivity index (χ2n) is 3.89. The molecule has 0 aromatic rings. The zero-order valence-corrected chi connectivity index (χ0v) is 7.62. The predicted octanol–water partition coefficient (Wildman–Crippen LogP) is 2.22. The summed E-state index contributed by atoms with van der Waals surface area (Å²) in [6.45, 7) is 6.33. The molecular weight excluding hydrogens is 136 g/mol. The molecule has 3 atom stereocenters. The van der Waals surface area contributed by atoms with Gasteiger partial charge in [-0.1, -0.05) is 26.0 Å². The van der Waals surface area contributed by atoms with Crippen molar-refractivity contribution in [1.82, 2.24) is 0 Å². The molecule has 2 unspecified atom stereocenters. The van der Waals surface area contributed by atoms with E-state index in [1.165, 1.54) is 0 Å². The van der Waals surface area contributed by atoms with E-state index in [2.05, 4.69) is 26.0 Å². The Labute approximate surface area is 69.1 Å². The van der Waals surface area contributed by atoms with Crippen LogP contribution in [0.2, 0.25) is 0 Å². The van der Waals surface area contributed by atoms with Crippen LogP contribution in [0.25, 0.3) is 0 Å². The van der Waals surface area contributed by atoms with Crippen LogP contribution in [-0.2, 0) is 0 Å². The zero-order valence-electron chi connectivity index (χ0n) is 7.62. The highest BCUT2D eigenvalue weighted by atomic mass is 16.3. The monoisotopic (exact) mass is 154 g/mol. The molecule has 0 fully saturated rings. The smallest absolute Gasteiger partial charge is 0.0548 e. The van der Waals surface area contributed by atoms with Crippen molar-refractivity contribution in [1.29, 1.82) is 0 Å². The van der Waals surface area contributed by atoms with E-state index in [9.17, 15) is 5.11 Å². The van der Waals surface area contributed by atoms with Gasteiger partial charge in [0.25, 0.3) is 0 Å². The van der Waals surface area contributed by atoms with E-state index >= 15 is 0 Å². The fourth-order valence-corrected chi connectivity index (χ4v) is 1.93. The first-order valence-electron chi connectivity index (χ1n) is 4.47. The summed E-state index contributed by atoms with van der Waals surface area (Å²) in [5, 5.41) is 9.43. The number of rotatable bonds is 2. The van der Waals surface area contributed by atoms with Gasteiger partial charge in [0, 0.05) is 0 Å². The lowest BCUT2D eigenvalue weighted by Crippen LogP contribution is -2.24. The number of hydrogen-bond donors (Lipinski definition) is 1. The van der Waals surface area contributed by atoms with E-state index < -0.39 is 0 Å². The van der Waals surface area contributed by atoms with Gasteiger partial charge in [-0.3, -0.25) is 0 Å². The molecule has 0 aromatic carbocycles. The molecule has 0 aromatic heterocycles. The van der Waals surface area contributed by atoms with Crippen molar-refractivity contribution in [2.75, 3.05) is 0 Å². The maximum atomic E-state index is 9.43. The van der Waals surface area contributed by atoms with Gasteiger partial charge in [-0.15, -0.1) is 0 Å². The molecule has 1 aliphatic carbocycles. The van der Waals surface area contributed by atoms with Crippen LogP contribution in [0.1, 0.15) is 27.2 Å². The molecule has 1 N–H and O–H groups in total. The van der Waals surface area contributed by atoms with Crippen LogP contribution >= 0.6 is 0 Å². The van der Waals surface area contributed by atoms with Crippen molar-refractivity contribution in [2.24, 2.45) is 17.8 Å². The predicted molar refractivity (Wildman–Crippen MR) is 47.3 cm³/mol. The molecule has 1 rings (SSSR count). The normalized spacial score (nSPS) is 33.2. The summed E-state index contributed by atoms with van der Waals surface area (Å²) in [4.78, 5) is 0. The van der Waals surface area contributed by atoms with Gasteiger partial charge in [-0.05, 0) is 31.1 Å². The van der Waals surface area contributed by atoms with Crippen molar-refractivity contribution in [3.05, 3.63) is 12.2 Å². The topological polar surface area (TPSA) is 20.2 Å². The van der Waals surface area contributed by atoms with Crippen molar-refractivity contribution < 1.29 is 5.11 Å². The molecule has 1 heteroatoms. The summed E-state index contributed by atoms with van der Waals surface area (Å²) in [6.07, 6.45) is 5.35. The van der Waals surface area contributed by atoms with Crippen LogP contribution in [0, 0.1) is 17.8 Å². The third-order valence-corrected chi connectivity index (χ3v) is 2.65. The third kappa shape index (κ3) is 1.84. The molecule has 0 bridgehead atoms. The highest BCUT2D eigenvalue weighted by Crippen LogP contribution is 2.33. The molecule has 0 spiro atoms. The minimum absolute atomic E-state index is 0.155. The van der Waals surface area contributed by atoms with Gasteiger partial charge in [0.05, 0.1) is 6.10 Å². The SMILES string of the molecule is CC(C)C1C=CCC1[C@@H](C)O. The van der Waals surface area contributed by atoms with Crippen molar-refractivity contribution >= 4 is 0 Å². The lowest BCUT2D eigenvalue weighted by atomic mass is 9.83. The fourth-order valence-electron chi connectivity index (χ4n) is 1.93. The summed E-state index contributed by atoms with van der Waals surface area (Å²) in [5.74, 6) is 1.72. The Morgan fingerprint density at radius 2 is 2.00 bits per heavy atom. The Kier molecular flexibility index (Phi) is 2.72. The van der Waals surface area contributed by atoms with Crippen LogP contribution < -0.4 is 0 Å². The van der Waals surface area contributed by atoms with Crippen molar-refractivity contribution in [3.63, 3.8) is 0 Å². The summed E-state index contributed by atoms with van der Waals surface area (Å²) in [5.41, 5.74) is 0. The second-order valence-corrected chi connectivity index (χ2v) is 3.89. The van der Waals surface area contributed by atoms with E-state index in [-0.39, 0.29) is 6.10 Å². The van der Waals surface area contributed by atoms with Crippen LogP contribution in [0.4, 0.5) is 0 Å². The third-order valence-electron chi connectivity index (χ3n) is 2.65. The maximum Gasteiger partial charge on any atom is 0.0548 e. The lowest BCUT2D eigenvalue weighted by molar-refractivity contribution is 0.0953. The van der Waals surface area contributed by atoms with Crippen molar-refractivity contribution in [2.45, 2.75) is 33.3 Å². The van der Waals surface area contributed by atoms with Crippen molar-refractivity contribution in [3.8, 4) is 0 Å². The number of aliphatic hydroxyl groups excluding tert-OH is 1. The summed E-state index contributed by atoms with van der Waals surface area (Å²) >= 11 is 0. The van der Waals surface area contributed by atoms with Crippen LogP contribution in [0.15, 0.2) is 12.2 Å². The van der Waals surface area contributed by atoms with E-state index in [1.54, 1.807) is 0 Å². The van der Waals surface area contributed by atoms with Gasteiger partial charge in [0.1, 0.15) is 0 Å². The minimum atomic E-state index is -0.155. The Morgan fingerprint density at radius 3 is 2.36 bits per heavy atom. The number of allylic oxidation sites excluding steroid dienone is 2. The molecule has 0 radical (unpaired) electrons. The average Bonchev–Trinajstić information content (AvgIpc) is 2.32. The summed E-state index contributed by atoms with van der Waals surface area (Å²) < 4.78 is 0. The molecule has 11 heavy (non-hydrogen) atoms. The Balaban J connectivity index is 2.56. The van der Waals surface area contributed by atoms with E-state index in [0.29, 0.717) is 17.8 Å². The van der Waals surface area contributed by atoms with Gasteiger partial charge < -0.3 is 5.11 Å². The molecule has 0 amide bonds. The van der Waals surface area contributed by atoms with Gasteiger partial charge in [0.2, 0.25) is 0 Å². The van der Waals surface area contributed by atoms with E-state index in [4.69, 9.17) is 0 Å². The zero-order chi connectivity index (χ0) is 8.43. The molecule has 64 valence electrons. The summed E-state index contributed by atoms with van der Waals surface area (Å²) in [6, 6.07) is 0. The number of hydrogen-bond acceptors (Lipinski definition) is 1. The standard InChI is InChI=1S/C10H18O/c1-7(2)9-5-4-6-10(9)8(3)11/h4-5,7-11H,6H2,1-3H3/t8-,9?,10?/m1/s1. The molecule has 1 nitrogen and oxygen atoms in total. The van der Waals surface area contributed by atoms with Crippen LogP contribution in [0.5, 0.6) is 0 Å². The quantitative estimate of drug-likeness (QED) is 0.605. The fraction of sp³-hybridized carbons (Fsp3) is 0.800. The number of aliphatic hydroxyl groups is 1. The molecule has 1 aliphatic rings. The first kappa shape index (κ1) is 8.79. The Bertz CT molecular complexity index is 147. The maximum absolute atomic E-state index is 9.43. The highest BCUT2D eigenvalue weighted by molar-refractivity contribution is 5.03. The molecular formula is C10H18O. The molecule has 0 saturated heterocycles. The molecule has 0 heterocycles. The summed E-state index contributed by atoms with van der Waals surface area (Å²) in [7, 11) is 0. The van der Waals surface area contributed by atoms with Gasteiger partial charge in [-0.2, -0.15) is 0 Å². The largest absolute Gasteiger partial charge is 0.393 e. The Morgan fingerprint density at radius 1 is 1.36 bits per heavy atom. The average molecular weight is 154 g/mol. The highest BCUT2D eigenvalue weighted by Gasteiger charge is 2.28. The van der Waals surface area contributed by atoms with Gasteiger partial charge >= 0.3 is 0 Å². The van der Waals surface area contributed by atoms with Gasteiger partial charge in [0.15, 0.2) is 0 Å². The molecule has 0 aliphatic heterocycles. The lowest BCUT2D eigenvalue weighted by Gasteiger charge is -2.24.